The van der Waals surface area contributed by atoms with Crippen molar-refractivity contribution in [3.63, 3.8) is 0 Å². The van der Waals surface area contributed by atoms with Gasteiger partial charge >= 0.3 is 0 Å². The van der Waals surface area contributed by atoms with Crippen molar-refractivity contribution in [1.82, 2.24) is 20.8 Å². The highest BCUT2D eigenvalue weighted by molar-refractivity contribution is 5.79. The maximum Gasteiger partial charge on any atom is 0.223 e. The van der Waals surface area contributed by atoms with Crippen LogP contribution in [0.5, 0.6) is 0 Å². The van der Waals surface area contributed by atoms with Crippen molar-refractivity contribution in [3.8, 4) is 0 Å². The van der Waals surface area contributed by atoms with Crippen LogP contribution in [0.3, 0.4) is 0 Å². The average molecular weight is 309 g/mol. The Morgan fingerprint density at radius 2 is 2.14 bits per heavy atom. The van der Waals surface area contributed by atoms with E-state index in [0.717, 1.165) is 25.5 Å². The molecule has 0 aromatic carbocycles. The molecule has 1 fully saturated rings. The molecule has 2 rings (SSSR count). The topological polar surface area (TPSA) is 84.6 Å². The molecule has 7 heteroatoms. The van der Waals surface area contributed by atoms with Gasteiger partial charge < -0.3 is 19.9 Å². The lowest BCUT2D eigenvalue weighted by molar-refractivity contribution is 0.138. The first-order chi connectivity index (χ1) is 10.7. The van der Waals surface area contributed by atoms with Gasteiger partial charge in [-0.3, -0.25) is 4.99 Å². The Bertz CT molecular complexity index is 480. The number of aliphatic imine (C=N–C) groups is 1. The maximum absolute atomic E-state index is 5.27. The third kappa shape index (κ3) is 4.69. The summed E-state index contributed by atoms with van der Waals surface area (Å²) in [4.78, 5) is 8.43. The lowest BCUT2D eigenvalue weighted by atomic mass is 9.83. The first-order valence-corrected chi connectivity index (χ1v) is 7.90. The van der Waals surface area contributed by atoms with Gasteiger partial charge in [0.25, 0.3) is 0 Å². The minimum absolute atomic E-state index is 0.330. The fraction of sp³-hybridized carbons (Fsp3) is 0.800. The van der Waals surface area contributed by atoms with E-state index in [1.807, 2.05) is 0 Å². The van der Waals surface area contributed by atoms with Gasteiger partial charge in [-0.1, -0.05) is 18.0 Å². The molecule has 7 nitrogen and oxygen atoms in total. The van der Waals surface area contributed by atoms with E-state index in [1.165, 1.54) is 25.7 Å². The Balaban J connectivity index is 1.81. The standard InChI is InChI=1S/C15H27N5O2/c1-12-19-13(20-22-12)10-17-14(16-2)18-11-15(8-9-21-3)6-4-5-7-15/h4-11H2,1-3H3,(H2,16,17,18). The van der Waals surface area contributed by atoms with Crippen LogP contribution >= 0.6 is 0 Å². The average Bonchev–Trinajstić information content (AvgIpc) is 3.15. The minimum atomic E-state index is 0.330. The van der Waals surface area contributed by atoms with Gasteiger partial charge in [0.15, 0.2) is 11.8 Å². The van der Waals surface area contributed by atoms with Crippen molar-refractivity contribution in [3.05, 3.63) is 11.7 Å². The summed E-state index contributed by atoms with van der Waals surface area (Å²) in [7, 11) is 3.54. The maximum atomic E-state index is 5.27. The predicted molar refractivity (Wildman–Crippen MR) is 84.6 cm³/mol. The second kappa shape index (κ2) is 8.12. The van der Waals surface area contributed by atoms with Gasteiger partial charge in [-0.05, 0) is 24.7 Å². The summed E-state index contributed by atoms with van der Waals surface area (Å²) in [5.41, 5.74) is 0.330. The monoisotopic (exact) mass is 309 g/mol. The highest BCUT2D eigenvalue weighted by atomic mass is 16.5. The molecule has 0 bridgehead atoms. The van der Waals surface area contributed by atoms with Gasteiger partial charge in [-0.2, -0.15) is 4.98 Å². The summed E-state index contributed by atoms with van der Waals surface area (Å²) in [6.07, 6.45) is 6.21. The van der Waals surface area contributed by atoms with E-state index < -0.39 is 0 Å². The SMILES string of the molecule is CN=C(NCc1noc(C)n1)NCC1(CCOC)CCCC1. The number of hydrogen-bond acceptors (Lipinski definition) is 5. The van der Waals surface area contributed by atoms with Gasteiger partial charge in [0, 0.05) is 34.2 Å². The lowest BCUT2D eigenvalue weighted by Gasteiger charge is -2.29. The van der Waals surface area contributed by atoms with Crippen molar-refractivity contribution in [2.24, 2.45) is 10.4 Å². The van der Waals surface area contributed by atoms with Crippen molar-refractivity contribution in [2.75, 3.05) is 27.3 Å². The van der Waals surface area contributed by atoms with Gasteiger partial charge in [0.2, 0.25) is 5.89 Å². The molecule has 1 saturated carbocycles. The van der Waals surface area contributed by atoms with E-state index in [1.54, 1.807) is 21.1 Å². The molecular weight excluding hydrogens is 282 g/mol. The number of hydrogen-bond donors (Lipinski definition) is 2. The zero-order valence-corrected chi connectivity index (χ0v) is 13.8. The Hall–Kier alpha value is -1.63. The summed E-state index contributed by atoms with van der Waals surface area (Å²) in [6.45, 7) is 4.02. The number of aryl methyl sites for hydroxylation is 1. The number of rotatable bonds is 7. The Kier molecular flexibility index (Phi) is 6.18. The Labute approximate surface area is 131 Å². The van der Waals surface area contributed by atoms with Crippen molar-refractivity contribution >= 4 is 5.96 Å². The van der Waals surface area contributed by atoms with E-state index in [-0.39, 0.29) is 0 Å². The van der Waals surface area contributed by atoms with Crippen LogP contribution in [0, 0.1) is 12.3 Å². The summed E-state index contributed by atoms with van der Waals surface area (Å²) < 4.78 is 10.2. The summed E-state index contributed by atoms with van der Waals surface area (Å²) in [5, 5.41) is 10.5. The van der Waals surface area contributed by atoms with Gasteiger partial charge in [-0.15, -0.1) is 0 Å². The lowest BCUT2D eigenvalue weighted by Crippen LogP contribution is -2.43. The molecule has 1 aliphatic rings. The molecule has 0 saturated heterocycles. The van der Waals surface area contributed by atoms with Gasteiger partial charge in [0.1, 0.15) is 0 Å². The van der Waals surface area contributed by atoms with E-state index in [9.17, 15) is 0 Å². The van der Waals surface area contributed by atoms with Crippen LogP contribution in [-0.4, -0.2) is 43.4 Å². The van der Waals surface area contributed by atoms with Crippen LogP contribution in [0.25, 0.3) is 0 Å². The van der Waals surface area contributed by atoms with Crippen LogP contribution in [0.4, 0.5) is 0 Å². The highest BCUT2D eigenvalue weighted by Gasteiger charge is 2.33. The zero-order chi connectivity index (χ0) is 15.8. The first-order valence-electron chi connectivity index (χ1n) is 7.90. The Morgan fingerprint density at radius 3 is 2.73 bits per heavy atom. The van der Waals surface area contributed by atoms with E-state index in [2.05, 4.69) is 25.8 Å². The minimum Gasteiger partial charge on any atom is -0.385 e. The van der Waals surface area contributed by atoms with Crippen LogP contribution < -0.4 is 10.6 Å². The van der Waals surface area contributed by atoms with Crippen LogP contribution in [-0.2, 0) is 11.3 Å². The first kappa shape index (κ1) is 16.7. The third-order valence-corrected chi connectivity index (χ3v) is 4.34. The molecule has 0 atom stereocenters. The number of nitrogens with zero attached hydrogens (tertiary/aromatic N) is 3. The fourth-order valence-corrected chi connectivity index (χ4v) is 3.03. The summed E-state index contributed by atoms with van der Waals surface area (Å²) in [6, 6.07) is 0. The number of nitrogens with one attached hydrogen (secondary N) is 2. The number of aromatic nitrogens is 2. The molecule has 1 aliphatic carbocycles. The molecule has 2 N–H and O–H groups in total. The zero-order valence-electron chi connectivity index (χ0n) is 13.8. The molecule has 0 aliphatic heterocycles. The molecule has 0 spiro atoms. The predicted octanol–water partition coefficient (Wildman–Crippen LogP) is 1.64. The van der Waals surface area contributed by atoms with Crippen molar-refractivity contribution < 1.29 is 9.26 Å². The van der Waals surface area contributed by atoms with Crippen molar-refractivity contribution in [2.45, 2.75) is 45.6 Å². The second-order valence-corrected chi connectivity index (χ2v) is 5.96. The molecule has 0 amide bonds. The molecule has 1 aromatic heterocycles. The summed E-state index contributed by atoms with van der Waals surface area (Å²) in [5.74, 6) is 1.98. The van der Waals surface area contributed by atoms with Crippen LogP contribution in [0.15, 0.2) is 9.52 Å². The molecule has 1 aromatic rings. The second-order valence-electron chi connectivity index (χ2n) is 5.96. The quantitative estimate of drug-likeness (QED) is 0.588. The normalized spacial score (nSPS) is 17.7. The summed E-state index contributed by atoms with van der Waals surface area (Å²) >= 11 is 0. The largest absolute Gasteiger partial charge is 0.385 e. The van der Waals surface area contributed by atoms with Crippen LogP contribution in [0.1, 0.15) is 43.8 Å². The van der Waals surface area contributed by atoms with E-state index in [0.29, 0.717) is 23.7 Å². The van der Waals surface area contributed by atoms with Gasteiger partial charge in [-0.25, -0.2) is 0 Å². The molecule has 124 valence electrons. The van der Waals surface area contributed by atoms with E-state index >= 15 is 0 Å². The number of guanidine groups is 1. The molecule has 0 radical (unpaired) electrons. The molecule has 22 heavy (non-hydrogen) atoms. The van der Waals surface area contributed by atoms with Crippen LogP contribution in [0.2, 0.25) is 0 Å². The number of methoxy groups -OCH3 is 1. The third-order valence-electron chi connectivity index (χ3n) is 4.34. The molecular formula is C15H27N5O2. The number of ether oxygens (including phenoxy) is 1. The highest BCUT2D eigenvalue weighted by Crippen LogP contribution is 2.40. The van der Waals surface area contributed by atoms with E-state index in [4.69, 9.17) is 9.26 Å². The van der Waals surface area contributed by atoms with Gasteiger partial charge in [0.05, 0.1) is 6.54 Å². The fourth-order valence-electron chi connectivity index (χ4n) is 3.03. The Morgan fingerprint density at radius 1 is 1.36 bits per heavy atom. The molecule has 1 heterocycles. The van der Waals surface area contributed by atoms with Crippen molar-refractivity contribution in [1.29, 1.82) is 0 Å². The molecule has 0 unspecified atom stereocenters. The smallest absolute Gasteiger partial charge is 0.223 e.